The Hall–Kier alpha value is -1.58. The zero-order valence-corrected chi connectivity index (χ0v) is 12.7. The number of carbonyl (C=O) groups is 1. The number of carbonyl (C=O) groups excluding carboxylic acids is 1. The highest BCUT2D eigenvalue weighted by Crippen LogP contribution is 2.29. The molecule has 0 fully saturated rings. The molecule has 0 N–H and O–H groups in total. The van der Waals surface area contributed by atoms with E-state index in [0.717, 1.165) is 5.56 Å². The van der Waals surface area contributed by atoms with Gasteiger partial charge < -0.3 is 4.90 Å². The van der Waals surface area contributed by atoms with Crippen molar-refractivity contribution < 1.29 is 4.79 Å². The molecule has 0 aliphatic rings. The maximum atomic E-state index is 12.4. The first-order chi connectivity index (χ1) is 9.50. The van der Waals surface area contributed by atoms with Crippen LogP contribution in [0.2, 0.25) is 10.0 Å². The van der Waals surface area contributed by atoms with Gasteiger partial charge in [-0.15, -0.1) is 0 Å². The summed E-state index contributed by atoms with van der Waals surface area (Å²) in [4.78, 5) is 17.9. The van der Waals surface area contributed by atoms with E-state index in [1.165, 1.54) is 0 Å². The zero-order chi connectivity index (χ0) is 14.7. The molecule has 1 heterocycles. The minimum atomic E-state index is -0.160. The van der Waals surface area contributed by atoms with E-state index >= 15 is 0 Å². The summed E-state index contributed by atoms with van der Waals surface area (Å²) in [7, 11) is 1.74. The fourth-order valence-electron chi connectivity index (χ4n) is 1.92. The molecule has 3 nitrogen and oxygen atoms in total. The molecule has 1 aromatic carbocycles. The lowest BCUT2D eigenvalue weighted by Crippen LogP contribution is -2.29. The summed E-state index contributed by atoms with van der Waals surface area (Å²) in [5.41, 5.74) is 1.41. The van der Waals surface area contributed by atoms with Crippen molar-refractivity contribution in [2.24, 2.45) is 0 Å². The van der Waals surface area contributed by atoms with E-state index in [1.54, 1.807) is 48.6 Å². The minimum Gasteiger partial charge on any atom is -0.335 e. The van der Waals surface area contributed by atoms with Gasteiger partial charge in [0.2, 0.25) is 0 Å². The van der Waals surface area contributed by atoms with Crippen molar-refractivity contribution in [3.8, 4) is 0 Å². The highest BCUT2D eigenvalue weighted by atomic mass is 35.5. The standard InChI is InChI=1S/C15H14Cl2N2O/c1-10(13-6-5-12(16)8-14(13)17)19(2)15(20)11-4-3-7-18-9-11/h3-10H,1-2H3. The maximum absolute atomic E-state index is 12.4. The van der Waals surface area contributed by atoms with Crippen LogP contribution in [0, 0.1) is 0 Å². The Bertz CT molecular complexity index is 617. The summed E-state index contributed by atoms with van der Waals surface area (Å²) in [5, 5.41) is 1.13. The van der Waals surface area contributed by atoms with Crippen molar-refractivity contribution in [2.75, 3.05) is 7.05 Å². The number of amides is 1. The third kappa shape index (κ3) is 3.11. The summed E-state index contributed by atoms with van der Waals surface area (Å²) in [6, 6.07) is 8.59. The van der Waals surface area contributed by atoms with Crippen LogP contribution in [0.4, 0.5) is 0 Å². The summed E-state index contributed by atoms with van der Waals surface area (Å²) < 4.78 is 0. The number of aromatic nitrogens is 1. The van der Waals surface area contributed by atoms with Crippen molar-refractivity contribution in [3.63, 3.8) is 0 Å². The lowest BCUT2D eigenvalue weighted by Gasteiger charge is -2.26. The van der Waals surface area contributed by atoms with Crippen LogP contribution in [0.5, 0.6) is 0 Å². The van der Waals surface area contributed by atoms with Crippen LogP contribution in [0.3, 0.4) is 0 Å². The van der Waals surface area contributed by atoms with Gasteiger partial charge in [0.15, 0.2) is 0 Å². The van der Waals surface area contributed by atoms with Gasteiger partial charge in [0.05, 0.1) is 11.6 Å². The number of halogens is 2. The van der Waals surface area contributed by atoms with E-state index in [4.69, 9.17) is 23.2 Å². The Morgan fingerprint density at radius 1 is 1.30 bits per heavy atom. The third-order valence-electron chi connectivity index (χ3n) is 3.22. The Morgan fingerprint density at radius 2 is 2.05 bits per heavy atom. The highest BCUT2D eigenvalue weighted by molar-refractivity contribution is 6.35. The van der Waals surface area contributed by atoms with Gasteiger partial charge >= 0.3 is 0 Å². The van der Waals surface area contributed by atoms with Crippen LogP contribution >= 0.6 is 23.2 Å². The van der Waals surface area contributed by atoms with Gasteiger partial charge in [-0.05, 0) is 36.8 Å². The molecule has 1 atom stereocenters. The SMILES string of the molecule is CC(c1ccc(Cl)cc1Cl)N(C)C(=O)c1cccnc1. The summed E-state index contributed by atoms with van der Waals surface area (Å²) in [6.45, 7) is 1.92. The quantitative estimate of drug-likeness (QED) is 0.850. The molecule has 0 aliphatic carbocycles. The van der Waals surface area contributed by atoms with Crippen LogP contribution in [0.25, 0.3) is 0 Å². The highest BCUT2D eigenvalue weighted by Gasteiger charge is 2.20. The average molecular weight is 309 g/mol. The second-order valence-corrected chi connectivity index (χ2v) is 5.34. The van der Waals surface area contributed by atoms with Crippen molar-refractivity contribution in [3.05, 3.63) is 63.9 Å². The molecule has 5 heteroatoms. The van der Waals surface area contributed by atoms with Gasteiger partial charge in [-0.1, -0.05) is 29.3 Å². The van der Waals surface area contributed by atoms with E-state index in [-0.39, 0.29) is 11.9 Å². The van der Waals surface area contributed by atoms with E-state index < -0.39 is 0 Å². The second kappa shape index (κ2) is 6.25. The van der Waals surface area contributed by atoms with Crippen molar-refractivity contribution in [1.82, 2.24) is 9.88 Å². The van der Waals surface area contributed by atoms with E-state index in [1.807, 2.05) is 13.0 Å². The Morgan fingerprint density at radius 3 is 2.65 bits per heavy atom. The fraction of sp³-hybridized carbons (Fsp3) is 0.200. The summed E-state index contributed by atoms with van der Waals surface area (Å²) in [6.07, 6.45) is 3.19. The van der Waals surface area contributed by atoms with Crippen LogP contribution in [-0.2, 0) is 0 Å². The first-order valence-electron chi connectivity index (χ1n) is 6.13. The predicted molar refractivity (Wildman–Crippen MR) is 81.2 cm³/mol. The minimum absolute atomic E-state index is 0.100. The van der Waals surface area contributed by atoms with Gasteiger partial charge in [-0.2, -0.15) is 0 Å². The van der Waals surface area contributed by atoms with Crippen molar-refractivity contribution >= 4 is 29.1 Å². The number of rotatable bonds is 3. The van der Waals surface area contributed by atoms with Crippen molar-refractivity contribution in [1.29, 1.82) is 0 Å². The van der Waals surface area contributed by atoms with Crippen LogP contribution in [0.1, 0.15) is 28.9 Å². The van der Waals surface area contributed by atoms with E-state index in [0.29, 0.717) is 15.6 Å². The Kier molecular flexibility index (Phi) is 4.63. The molecule has 0 bridgehead atoms. The van der Waals surface area contributed by atoms with Gasteiger partial charge in [-0.3, -0.25) is 9.78 Å². The average Bonchev–Trinajstić information content (AvgIpc) is 2.46. The Balaban J connectivity index is 2.24. The van der Waals surface area contributed by atoms with Crippen molar-refractivity contribution in [2.45, 2.75) is 13.0 Å². The number of hydrogen-bond acceptors (Lipinski definition) is 2. The smallest absolute Gasteiger partial charge is 0.255 e. The zero-order valence-electron chi connectivity index (χ0n) is 11.2. The molecule has 1 amide bonds. The number of pyridine rings is 1. The molecular formula is C15H14Cl2N2O. The molecular weight excluding hydrogens is 295 g/mol. The molecule has 0 spiro atoms. The van der Waals surface area contributed by atoms with Crippen LogP contribution in [-0.4, -0.2) is 22.8 Å². The maximum Gasteiger partial charge on any atom is 0.255 e. The molecule has 1 aromatic heterocycles. The van der Waals surface area contributed by atoms with E-state index in [9.17, 15) is 4.79 Å². The summed E-state index contributed by atoms with van der Waals surface area (Å²) in [5.74, 6) is -0.100. The van der Waals surface area contributed by atoms with Gasteiger partial charge in [-0.25, -0.2) is 0 Å². The monoisotopic (exact) mass is 308 g/mol. The molecule has 0 radical (unpaired) electrons. The molecule has 2 aromatic rings. The lowest BCUT2D eigenvalue weighted by molar-refractivity contribution is 0.0742. The predicted octanol–water partition coefficient (Wildman–Crippen LogP) is 4.22. The van der Waals surface area contributed by atoms with Gasteiger partial charge in [0.1, 0.15) is 0 Å². The van der Waals surface area contributed by atoms with Crippen LogP contribution in [0.15, 0.2) is 42.7 Å². The Labute approximate surface area is 128 Å². The molecule has 1 unspecified atom stereocenters. The number of hydrogen-bond donors (Lipinski definition) is 0. The van der Waals surface area contributed by atoms with Crippen LogP contribution < -0.4 is 0 Å². The van der Waals surface area contributed by atoms with Gasteiger partial charge in [0.25, 0.3) is 5.91 Å². The molecule has 0 saturated carbocycles. The topological polar surface area (TPSA) is 33.2 Å². The molecule has 2 rings (SSSR count). The first-order valence-corrected chi connectivity index (χ1v) is 6.88. The van der Waals surface area contributed by atoms with Gasteiger partial charge in [0, 0.05) is 29.5 Å². The van der Waals surface area contributed by atoms with E-state index in [2.05, 4.69) is 4.98 Å². The summed E-state index contributed by atoms with van der Waals surface area (Å²) >= 11 is 12.1. The number of nitrogens with zero attached hydrogens (tertiary/aromatic N) is 2. The fourth-order valence-corrected chi connectivity index (χ4v) is 2.48. The normalized spacial score (nSPS) is 12.0. The molecule has 0 saturated heterocycles. The lowest BCUT2D eigenvalue weighted by atomic mass is 10.1. The largest absolute Gasteiger partial charge is 0.335 e. The second-order valence-electron chi connectivity index (χ2n) is 4.50. The molecule has 20 heavy (non-hydrogen) atoms. The third-order valence-corrected chi connectivity index (χ3v) is 3.78. The molecule has 104 valence electrons. The first kappa shape index (κ1) is 14.8. The number of benzene rings is 1. The molecule has 0 aliphatic heterocycles.